The molecule has 13 aromatic rings. The molecular weight excluding hydrogens is 949 g/mol. The van der Waals surface area contributed by atoms with Gasteiger partial charge in [0.25, 0.3) is 0 Å². The fraction of sp³-hybridized carbons (Fsp3) is 0.0886. The molecule has 0 atom stereocenters. The van der Waals surface area contributed by atoms with E-state index in [0.717, 1.165) is 0 Å². The van der Waals surface area contributed by atoms with Crippen LogP contribution in [0, 0.1) is 6.92 Å². The Balaban J connectivity index is 0.648. The maximum atomic E-state index is 2.47. The first-order valence-electron chi connectivity index (χ1n) is 28.1. The molecule has 372 valence electrons. The third kappa shape index (κ3) is 6.74. The van der Waals surface area contributed by atoms with Gasteiger partial charge in [0.15, 0.2) is 0 Å². The third-order valence-electron chi connectivity index (χ3n) is 18.7. The number of hydrogen-bond donors (Lipinski definition) is 0. The Bertz CT molecular complexity index is 4650. The van der Waals surface area contributed by atoms with E-state index >= 15 is 0 Å². The Morgan fingerprint density at radius 1 is 0.215 bits per heavy atom. The van der Waals surface area contributed by atoms with Crippen molar-refractivity contribution in [3.05, 3.63) is 277 Å². The van der Waals surface area contributed by atoms with Gasteiger partial charge in [-0.15, -0.1) is 0 Å². The van der Waals surface area contributed by atoms with Crippen LogP contribution in [0.4, 0.5) is 0 Å². The van der Waals surface area contributed by atoms with Gasteiger partial charge in [0, 0.05) is 10.8 Å². The summed E-state index contributed by atoms with van der Waals surface area (Å²) < 4.78 is 0. The van der Waals surface area contributed by atoms with Gasteiger partial charge >= 0.3 is 0 Å². The van der Waals surface area contributed by atoms with Gasteiger partial charge in [-0.3, -0.25) is 0 Å². The minimum Gasteiger partial charge on any atom is -0.0616 e. The van der Waals surface area contributed by atoms with Crippen LogP contribution in [0.1, 0.15) is 55.5 Å². The maximum absolute atomic E-state index is 2.47. The molecule has 16 rings (SSSR count). The molecule has 0 saturated heterocycles. The number of rotatable bonds is 6. The van der Waals surface area contributed by atoms with E-state index in [1.807, 2.05) is 0 Å². The van der Waals surface area contributed by atoms with E-state index in [1.165, 1.54) is 171 Å². The first kappa shape index (κ1) is 45.8. The quantitative estimate of drug-likeness (QED) is 0.146. The molecule has 13 aromatic carbocycles. The van der Waals surface area contributed by atoms with Crippen LogP contribution in [0.15, 0.2) is 249 Å². The van der Waals surface area contributed by atoms with Gasteiger partial charge in [0.1, 0.15) is 0 Å². The van der Waals surface area contributed by atoms with Crippen molar-refractivity contribution in [3.8, 4) is 111 Å². The first-order chi connectivity index (χ1) is 38.6. The van der Waals surface area contributed by atoms with Gasteiger partial charge < -0.3 is 0 Å². The summed E-state index contributed by atoms with van der Waals surface area (Å²) in [4.78, 5) is 0. The van der Waals surface area contributed by atoms with Crippen LogP contribution < -0.4 is 0 Å². The van der Waals surface area contributed by atoms with Crippen molar-refractivity contribution in [2.45, 2.75) is 45.4 Å². The Morgan fingerprint density at radius 3 is 0.949 bits per heavy atom. The lowest BCUT2D eigenvalue weighted by Crippen LogP contribution is -2.15. The van der Waals surface area contributed by atoms with E-state index in [4.69, 9.17) is 0 Å². The largest absolute Gasteiger partial charge is 0.0616 e. The zero-order valence-corrected chi connectivity index (χ0v) is 45.2. The minimum absolute atomic E-state index is 0.157. The van der Waals surface area contributed by atoms with Crippen LogP contribution in [-0.4, -0.2) is 0 Å². The predicted octanol–water partition coefficient (Wildman–Crippen LogP) is 21.7. The molecule has 0 aliphatic heterocycles. The Kier molecular flexibility index (Phi) is 9.75. The molecule has 0 N–H and O–H groups in total. The smallest absolute Gasteiger partial charge is 0.0159 e. The van der Waals surface area contributed by atoms with Gasteiger partial charge in [0.2, 0.25) is 0 Å². The molecule has 0 amide bonds. The zero-order valence-electron chi connectivity index (χ0n) is 45.2. The number of benzene rings is 13. The van der Waals surface area contributed by atoms with Crippen LogP contribution in [-0.2, 0) is 10.8 Å². The summed E-state index contributed by atoms with van der Waals surface area (Å²) in [6, 6.07) is 94.1. The summed E-state index contributed by atoms with van der Waals surface area (Å²) in [6.45, 7) is 11.9. The molecule has 0 radical (unpaired) electrons. The lowest BCUT2D eigenvalue weighted by molar-refractivity contribution is 0.660. The van der Waals surface area contributed by atoms with Crippen molar-refractivity contribution in [1.29, 1.82) is 0 Å². The number of aryl methyl sites for hydroxylation is 1. The molecule has 0 saturated carbocycles. The summed E-state index contributed by atoms with van der Waals surface area (Å²) in [5.74, 6) is 0. The molecule has 0 heteroatoms. The third-order valence-corrected chi connectivity index (χ3v) is 18.7. The predicted molar refractivity (Wildman–Crippen MR) is 336 cm³/mol. The van der Waals surface area contributed by atoms with Crippen molar-refractivity contribution < 1.29 is 0 Å². The molecule has 0 heterocycles. The van der Waals surface area contributed by atoms with Crippen molar-refractivity contribution in [1.82, 2.24) is 0 Å². The summed E-state index contributed by atoms with van der Waals surface area (Å²) >= 11 is 0. The lowest BCUT2D eigenvalue weighted by atomic mass is 9.79. The molecule has 0 bridgehead atoms. The van der Waals surface area contributed by atoms with E-state index in [2.05, 4.69) is 283 Å². The molecular formula is C79H56. The van der Waals surface area contributed by atoms with Crippen LogP contribution in [0.25, 0.3) is 144 Å². The molecule has 0 nitrogen and oxygen atoms in total. The standard InChI is InChI=1S/C79H56/c1-47-58-13-6-10-17-67(58)76(68-18-11-7-14-59(47)68)53-31-27-51(28-32-53)55-34-38-64-66-40-36-57(46-75(66)79(4,5)73(64)44-55)56-35-39-65-63-37-33-54(43-72(63)78(2,3)74(65)45-56)50-23-21-48(22-24-50)49-25-29-52(30-26-49)60-41-42-71-62-16-9-8-15-61(62)70-20-12-19-69(60)77(70)71/h6-46H,1-5H3. The molecule has 3 aliphatic rings. The summed E-state index contributed by atoms with van der Waals surface area (Å²) in [6.07, 6.45) is 0. The van der Waals surface area contributed by atoms with Gasteiger partial charge in [-0.2, -0.15) is 0 Å². The molecule has 0 unspecified atom stereocenters. The highest BCUT2D eigenvalue weighted by molar-refractivity contribution is 6.19. The molecule has 0 spiro atoms. The second-order valence-corrected chi connectivity index (χ2v) is 23.5. The van der Waals surface area contributed by atoms with Crippen molar-refractivity contribution >= 4 is 32.3 Å². The van der Waals surface area contributed by atoms with Crippen molar-refractivity contribution in [3.63, 3.8) is 0 Å². The molecule has 0 fully saturated rings. The molecule has 3 aliphatic carbocycles. The highest BCUT2D eigenvalue weighted by Crippen LogP contribution is 2.54. The van der Waals surface area contributed by atoms with Gasteiger partial charge in [-0.05, 0) is 203 Å². The van der Waals surface area contributed by atoms with E-state index in [-0.39, 0.29) is 10.8 Å². The van der Waals surface area contributed by atoms with Gasteiger partial charge in [-0.25, -0.2) is 0 Å². The average Bonchev–Trinajstić information content (AvgIpc) is 4.15. The fourth-order valence-electron chi connectivity index (χ4n) is 14.4. The highest BCUT2D eigenvalue weighted by Gasteiger charge is 2.38. The van der Waals surface area contributed by atoms with Crippen LogP contribution >= 0.6 is 0 Å². The van der Waals surface area contributed by atoms with Gasteiger partial charge in [0.05, 0.1) is 0 Å². The SMILES string of the molecule is Cc1c2ccccc2c(-c2ccc(-c3ccc4c(c3)C(C)(C)c3cc(-c5ccc6c(c5)C(C)(C)c5cc(-c7ccc(-c8ccc(-c9ccc%10c%11c(cccc9%11)-c9ccccc9-%10)cc8)cc7)ccc5-6)ccc3-4)cc2)c2ccccc12. The second-order valence-electron chi connectivity index (χ2n) is 23.5. The molecule has 79 heavy (non-hydrogen) atoms. The number of hydrogen-bond acceptors (Lipinski definition) is 0. The maximum Gasteiger partial charge on any atom is 0.0159 e. The minimum atomic E-state index is -0.158. The first-order valence-corrected chi connectivity index (χ1v) is 28.1. The fourth-order valence-corrected chi connectivity index (χ4v) is 14.4. The normalized spacial score (nSPS) is 13.8. The summed E-state index contributed by atoms with van der Waals surface area (Å²) in [5, 5.41) is 7.93. The van der Waals surface area contributed by atoms with E-state index in [9.17, 15) is 0 Å². The Morgan fingerprint density at radius 2 is 0.506 bits per heavy atom. The second kappa shape index (κ2) is 16.8. The summed E-state index contributed by atoms with van der Waals surface area (Å²) in [7, 11) is 0. The van der Waals surface area contributed by atoms with E-state index in [1.54, 1.807) is 0 Å². The summed E-state index contributed by atoms with van der Waals surface area (Å²) in [5.41, 5.74) is 32.3. The van der Waals surface area contributed by atoms with Gasteiger partial charge in [-0.1, -0.05) is 252 Å². The average molecular weight is 1010 g/mol. The van der Waals surface area contributed by atoms with Crippen LogP contribution in [0.3, 0.4) is 0 Å². The zero-order chi connectivity index (χ0) is 52.9. The Hall–Kier alpha value is -9.36. The van der Waals surface area contributed by atoms with E-state index < -0.39 is 0 Å². The topological polar surface area (TPSA) is 0 Å². The van der Waals surface area contributed by atoms with E-state index in [0.29, 0.717) is 0 Å². The Labute approximate surface area is 463 Å². The van der Waals surface area contributed by atoms with Crippen molar-refractivity contribution in [2.75, 3.05) is 0 Å². The lowest BCUT2D eigenvalue weighted by Gasteiger charge is -2.24. The van der Waals surface area contributed by atoms with Crippen LogP contribution in [0.2, 0.25) is 0 Å². The van der Waals surface area contributed by atoms with Crippen molar-refractivity contribution in [2.24, 2.45) is 0 Å². The number of fused-ring (bicyclic) bond motifs is 11. The van der Waals surface area contributed by atoms with Crippen LogP contribution in [0.5, 0.6) is 0 Å². The monoisotopic (exact) mass is 1000 g/mol. The highest BCUT2D eigenvalue weighted by atomic mass is 14.4. The molecule has 0 aromatic heterocycles.